The molecule has 0 radical (unpaired) electrons. The van der Waals surface area contributed by atoms with Gasteiger partial charge in [-0.05, 0) is 65.7 Å². The van der Waals surface area contributed by atoms with Crippen LogP contribution in [0.3, 0.4) is 0 Å². The van der Waals surface area contributed by atoms with Gasteiger partial charge in [-0.3, -0.25) is 0 Å². The Balaban J connectivity index is 1.69. The minimum Gasteiger partial charge on any atom is -0.317 e. The highest BCUT2D eigenvalue weighted by molar-refractivity contribution is 5.75. The van der Waals surface area contributed by atoms with Crippen molar-refractivity contribution in [3.63, 3.8) is 0 Å². The van der Waals surface area contributed by atoms with Gasteiger partial charge in [0, 0.05) is 23.4 Å². The normalized spacial score (nSPS) is 11.3. The SMILES string of the molecule is c1cc(-c2ccc3ccccn23)cc(-c2ccc3ccccn23)c1. The number of rotatable bonds is 2. The molecule has 0 saturated carbocycles. The van der Waals surface area contributed by atoms with Crippen molar-refractivity contribution >= 4 is 11.0 Å². The number of aromatic nitrogens is 2. The molecule has 0 amide bonds. The Labute approximate surface area is 140 Å². The van der Waals surface area contributed by atoms with E-state index in [9.17, 15) is 0 Å². The van der Waals surface area contributed by atoms with E-state index in [0.717, 1.165) is 0 Å². The van der Waals surface area contributed by atoms with Gasteiger partial charge in [0.25, 0.3) is 0 Å². The molecule has 0 aliphatic carbocycles. The Morgan fingerprint density at radius 1 is 0.458 bits per heavy atom. The third-order valence-corrected chi connectivity index (χ3v) is 4.58. The van der Waals surface area contributed by atoms with Crippen molar-refractivity contribution in [1.29, 1.82) is 0 Å². The van der Waals surface area contributed by atoms with Crippen molar-refractivity contribution in [3.8, 4) is 22.5 Å². The zero-order valence-corrected chi connectivity index (χ0v) is 13.1. The summed E-state index contributed by atoms with van der Waals surface area (Å²) >= 11 is 0. The summed E-state index contributed by atoms with van der Waals surface area (Å²) in [5, 5.41) is 0. The molecule has 4 aromatic heterocycles. The standard InChI is InChI=1S/C22H16N2/c1-3-14-23-19(8-1)10-12-21(23)17-6-5-7-18(16-17)22-13-11-20-9-2-4-15-24(20)22/h1-16H. The van der Waals surface area contributed by atoms with Crippen molar-refractivity contribution in [2.75, 3.05) is 0 Å². The topological polar surface area (TPSA) is 8.82 Å². The Bertz CT molecular complexity index is 1070. The molecule has 0 atom stereocenters. The first-order valence-electron chi connectivity index (χ1n) is 8.13. The van der Waals surface area contributed by atoms with Gasteiger partial charge in [0.15, 0.2) is 0 Å². The molecule has 5 rings (SSSR count). The van der Waals surface area contributed by atoms with E-state index in [2.05, 4.69) is 106 Å². The molecule has 0 saturated heterocycles. The quantitative estimate of drug-likeness (QED) is 0.405. The van der Waals surface area contributed by atoms with Gasteiger partial charge < -0.3 is 8.80 Å². The summed E-state index contributed by atoms with van der Waals surface area (Å²) in [6, 6.07) is 30.0. The molecule has 0 spiro atoms. The van der Waals surface area contributed by atoms with Crippen molar-refractivity contribution in [1.82, 2.24) is 8.80 Å². The molecule has 0 aliphatic rings. The Hall–Kier alpha value is -3.26. The van der Waals surface area contributed by atoms with Crippen molar-refractivity contribution in [2.24, 2.45) is 0 Å². The maximum atomic E-state index is 2.27. The summed E-state index contributed by atoms with van der Waals surface area (Å²) < 4.78 is 4.46. The van der Waals surface area contributed by atoms with Gasteiger partial charge in [-0.25, -0.2) is 0 Å². The Morgan fingerprint density at radius 2 is 1.00 bits per heavy atom. The molecule has 0 bridgehead atoms. The van der Waals surface area contributed by atoms with Gasteiger partial charge in [0.1, 0.15) is 0 Å². The van der Waals surface area contributed by atoms with Crippen LogP contribution in [0.5, 0.6) is 0 Å². The summed E-state index contributed by atoms with van der Waals surface area (Å²) in [4.78, 5) is 0. The van der Waals surface area contributed by atoms with Crippen LogP contribution >= 0.6 is 0 Å². The van der Waals surface area contributed by atoms with E-state index >= 15 is 0 Å². The van der Waals surface area contributed by atoms with Gasteiger partial charge in [0.2, 0.25) is 0 Å². The van der Waals surface area contributed by atoms with Crippen LogP contribution in [-0.2, 0) is 0 Å². The number of benzene rings is 1. The van der Waals surface area contributed by atoms with Crippen LogP contribution in [-0.4, -0.2) is 8.80 Å². The van der Waals surface area contributed by atoms with Gasteiger partial charge in [-0.1, -0.05) is 30.3 Å². The number of hydrogen-bond acceptors (Lipinski definition) is 0. The summed E-state index contributed by atoms with van der Waals surface area (Å²) in [5.74, 6) is 0. The number of nitrogens with zero attached hydrogens (tertiary/aromatic N) is 2. The average Bonchev–Trinajstić information content (AvgIpc) is 3.26. The summed E-state index contributed by atoms with van der Waals surface area (Å²) in [6.07, 6.45) is 4.23. The predicted molar refractivity (Wildman–Crippen MR) is 99.2 cm³/mol. The molecule has 5 aromatic rings. The third-order valence-electron chi connectivity index (χ3n) is 4.58. The molecule has 24 heavy (non-hydrogen) atoms. The fourth-order valence-electron chi connectivity index (χ4n) is 3.42. The van der Waals surface area contributed by atoms with Gasteiger partial charge in [-0.15, -0.1) is 0 Å². The lowest BCUT2D eigenvalue weighted by Gasteiger charge is -2.07. The molecule has 0 fully saturated rings. The minimum atomic E-state index is 1.21. The highest BCUT2D eigenvalue weighted by Gasteiger charge is 2.08. The van der Waals surface area contributed by atoms with E-state index in [0.29, 0.717) is 0 Å². The van der Waals surface area contributed by atoms with E-state index in [1.165, 1.54) is 33.5 Å². The summed E-state index contributed by atoms with van der Waals surface area (Å²) in [7, 11) is 0. The third kappa shape index (κ3) is 1.97. The van der Waals surface area contributed by atoms with Crippen molar-refractivity contribution in [3.05, 3.63) is 97.3 Å². The average molecular weight is 308 g/mol. The molecule has 4 heterocycles. The summed E-state index contributed by atoms with van der Waals surface area (Å²) in [6.45, 7) is 0. The van der Waals surface area contributed by atoms with Crippen LogP contribution in [0.15, 0.2) is 97.3 Å². The van der Waals surface area contributed by atoms with E-state index in [1.807, 2.05) is 0 Å². The monoisotopic (exact) mass is 308 g/mol. The first-order chi connectivity index (χ1) is 11.9. The van der Waals surface area contributed by atoms with Crippen molar-refractivity contribution in [2.45, 2.75) is 0 Å². The second-order valence-corrected chi connectivity index (χ2v) is 6.01. The lowest BCUT2D eigenvalue weighted by molar-refractivity contribution is 1.19. The van der Waals surface area contributed by atoms with E-state index in [1.54, 1.807) is 0 Å². The van der Waals surface area contributed by atoms with Gasteiger partial charge >= 0.3 is 0 Å². The van der Waals surface area contributed by atoms with Crippen LogP contribution < -0.4 is 0 Å². The first-order valence-corrected chi connectivity index (χ1v) is 8.13. The highest BCUT2D eigenvalue weighted by atomic mass is 14.9. The molecule has 0 N–H and O–H groups in total. The Morgan fingerprint density at radius 3 is 1.54 bits per heavy atom. The summed E-state index contributed by atoms with van der Waals surface area (Å²) in [5.41, 5.74) is 7.31. The molecule has 2 nitrogen and oxygen atoms in total. The fourth-order valence-corrected chi connectivity index (χ4v) is 3.42. The maximum absolute atomic E-state index is 2.27. The second-order valence-electron chi connectivity index (χ2n) is 6.01. The molecule has 1 aromatic carbocycles. The molecule has 2 heteroatoms. The van der Waals surface area contributed by atoms with Crippen molar-refractivity contribution < 1.29 is 0 Å². The first kappa shape index (κ1) is 13.2. The largest absolute Gasteiger partial charge is 0.317 e. The van der Waals surface area contributed by atoms with Gasteiger partial charge in [-0.2, -0.15) is 0 Å². The lowest BCUT2D eigenvalue weighted by atomic mass is 10.1. The minimum absolute atomic E-state index is 1.21. The van der Waals surface area contributed by atoms with Crippen LogP contribution in [0.4, 0.5) is 0 Å². The van der Waals surface area contributed by atoms with E-state index in [4.69, 9.17) is 0 Å². The fraction of sp³-hybridized carbons (Fsp3) is 0. The number of fused-ring (bicyclic) bond motifs is 2. The maximum Gasteiger partial charge on any atom is 0.0528 e. The highest BCUT2D eigenvalue weighted by Crippen LogP contribution is 2.28. The molecule has 0 unspecified atom stereocenters. The van der Waals surface area contributed by atoms with E-state index in [-0.39, 0.29) is 0 Å². The van der Waals surface area contributed by atoms with E-state index < -0.39 is 0 Å². The molecule has 114 valence electrons. The van der Waals surface area contributed by atoms with Gasteiger partial charge in [0.05, 0.1) is 11.4 Å². The lowest BCUT2D eigenvalue weighted by Crippen LogP contribution is -1.89. The molecular formula is C22H16N2. The smallest absolute Gasteiger partial charge is 0.0528 e. The number of hydrogen-bond donors (Lipinski definition) is 0. The van der Waals surface area contributed by atoms with Crippen LogP contribution in [0, 0.1) is 0 Å². The zero-order valence-electron chi connectivity index (χ0n) is 13.1. The predicted octanol–water partition coefficient (Wildman–Crippen LogP) is 5.53. The van der Waals surface area contributed by atoms with Crippen LogP contribution in [0.2, 0.25) is 0 Å². The van der Waals surface area contributed by atoms with Crippen LogP contribution in [0.1, 0.15) is 0 Å². The zero-order chi connectivity index (χ0) is 15.9. The molecular weight excluding hydrogens is 292 g/mol. The molecule has 0 aliphatic heterocycles. The Kier molecular flexibility index (Phi) is 2.83. The number of pyridine rings is 2. The van der Waals surface area contributed by atoms with Crippen LogP contribution in [0.25, 0.3) is 33.5 Å². The second kappa shape index (κ2) is 5.14.